The number of nitrogens with one attached hydrogen (secondary N) is 1. The maximum atomic E-state index is 11.5. The van der Waals surface area contributed by atoms with Crippen LogP contribution in [0.4, 0.5) is 6.01 Å². The maximum absolute atomic E-state index is 11.5. The van der Waals surface area contributed by atoms with Gasteiger partial charge in [-0.25, -0.2) is 0 Å². The summed E-state index contributed by atoms with van der Waals surface area (Å²) in [5, 5.41) is 11.1. The van der Waals surface area contributed by atoms with Crippen molar-refractivity contribution in [2.24, 2.45) is 5.73 Å². The number of rotatable bonds is 7. The van der Waals surface area contributed by atoms with E-state index in [1.807, 2.05) is 0 Å². The summed E-state index contributed by atoms with van der Waals surface area (Å²) in [6.45, 7) is 2.52. The van der Waals surface area contributed by atoms with Crippen LogP contribution in [0.3, 0.4) is 0 Å². The molecule has 0 aliphatic carbocycles. The van der Waals surface area contributed by atoms with Crippen molar-refractivity contribution in [3.63, 3.8) is 0 Å². The number of nitrogens with two attached hydrogens (primary N) is 1. The summed E-state index contributed by atoms with van der Waals surface area (Å²) >= 11 is 0. The molecule has 8 heteroatoms. The third kappa shape index (κ3) is 3.67. The lowest BCUT2D eigenvalue weighted by Crippen LogP contribution is -2.48. The van der Waals surface area contributed by atoms with Crippen LogP contribution in [0.2, 0.25) is 0 Å². The van der Waals surface area contributed by atoms with Gasteiger partial charge in [0.15, 0.2) is 0 Å². The summed E-state index contributed by atoms with van der Waals surface area (Å²) in [5.74, 6) is 0.146. The molecule has 1 aromatic heterocycles. The minimum absolute atomic E-state index is 0.345. The van der Waals surface area contributed by atoms with Crippen LogP contribution < -0.4 is 16.0 Å². The van der Waals surface area contributed by atoms with Crippen LogP contribution in [0.5, 0.6) is 0 Å². The predicted molar refractivity (Wildman–Crippen MR) is 72.1 cm³/mol. The molecule has 1 atom stereocenters. The number of aromatic nitrogens is 2. The number of hydrogen-bond donors (Lipinski definition) is 2. The number of primary amides is 1. The molecule has 0 spiro atoms. The molecule has 1 aliphatic rings. The van der Waals surface area contributed by atoms with Gasteiger partial charge in [0.05, 0.1) is 13.2 Å². The molecule has 2 rings (SSSR count). The highest BCUT2D eigenvalue weighted by Gasteiger charge is 2.30. The summed E-state index contributed by atoms with van der Waals surface area (Å²) in [6, 6.07) is 0.0237. The molecule has 1 unspecified atom stereocenters. The van der Waals surface area contributed by atoms with Crippen molar-refractivity contribution < 1.29 is 13.9 Å². The van der Waals surface area contributed by atoms with Crippen LogP contribution in [-0.2, 0) is 16.1 Å². The minimum Gasteiger partial charge on any atom is -0.407 e. The number of hydrogen-bond acceptors (Lipinski definition) is 7. The second-order valence-electron chi connectivity index (χ2n) is 4.76. The van der Waals surface area contributed by atoms with E-state index in [0.717, 1.165) is 19.3 Å². The van der Waals surface area contributed by atoms with Gasteiger partial charge in [-0.1, -0.05) is 5.10 Å². The van der Waals surface area contributed by atoms with E-state index < -0.39 is 0 Å². The standard InChI is InChI=1S/C12H21N5O3/c1-19-7-5-14-8-10-15-16-12(20-10)17-6-3-2-4-9(17)11(13)18/h9,14H,2-8H2,1H3,(H2,13,18). The first-order valence-corrected chi connectivity index (χ1v) is 6.80. The van der Waals surface area contributed by atoms with Crippen molar-refractivity contribution in [2.75, 3.05) is 31.7 Å². The van der Waals surface area contributed by atoms with E-state index in [0.29, 0.717) is 38.1 Å². The number of piperidine rings is 1. The van der Waals surface area contributed by atoms with Gasteiger partial charge in [0.2, 0.25) is 11.8 Å². The number of nitrogens with zero attached hydrogens (tertiary/aromatic N) is 3. The molecule has 1 fully saturated rings. The molecule has 112 valence electrons. The lowest BCUT2D eigenvalue weighted by molar-refractivity contribution is -0.119. The number of ether oxygens (including phenoxy) is 1. The Morgan fingerprint density at radius 2 is 2.40 bits per heavy atom. The molecule has 8 nitrogen and oxygen atoms in total. The molecule has 0 saturated carbocycles. The summed E-state index contributed by atoms with van der Waals surface area (Å²) < 4.78 is 10.5. The van der Waals surface area contributed by atoms with E-state index in [1.54, 1.807) is 12.0 Å². The zero-order chi connectivity index (χ0) is 14.4. The van der Waals surface area contributed by atoms with Gasteiger partial charge >= 0.3 is 6.01 Å². The van der Waals surface area contributed by atoms with Crippen molar-refractivity contribution in [1.29, 1.82) is 0 Å². The Morgan fingerprint density at radius 1 is 1.55 bits per heavy atom. The molecular formula is C12H21N5O3. The second kappa shape index (κ2) is 7.20. The van der Waals surface area contributed by atoms with Crippen LogP contribution in [0.25, 0.3) is 0 Å². The van der Waals surface area contributed by atoms with Crippen LogP contribution in [0.1, 0.15) is 25.2 Å². The fourth-order valence-electron chi connectivity index (χ4n) is 2.26. The molecule has 1 saturated heterocycles. The lowest BCUT2D eigenvalue weighted by atomic mass is 10.0. The number of anilines is 1. The largest absolute Gasteiger partial charge is 0.407 e. The lowest BCUT2D eigenvalue weighted by Gasteiger charge is -2.31. The summed E-state index contributed by atoms with van der Waals surface area (Å²) in [7, 11) is 1.65. The molecule has 0 aromatic carbocycles. The Kier molecular flexibility index (Phi) is 5.31. The van der Waals surface area contributed by atoms with Crippen LogP contribution >= 0.6 is 0 Å². The van der Waals surface area contributed by atoms with E-state index >= 15 is 0 Å². The van der Waals surface area contributed by atoms with E-state index in [9.17, 15) is 4.79 Å². The Bertz CT molecular complexity index is 436. The Labute approximate surface area is 117 Å². The fourth-order valence-corrected chi connectivity index (χ4v) is 2.26. The zero-order valence-electron chi connectivity index (χ0n) is 11.7. The van der Waals surface area contributed by atoms with Crippen LogP contribution in [-0.4, -0.2) is 49.0 Å². The van der Waals surface area contributed by atoms with Gasteiger partial charge in [0.1, 0.15) is 6.04 Å². The SMILES string of the molecule is COCCNCc1nnc(N2CCCCC2C(N)=O)o1. The van der Waals surface area contributed by atoms with E-state index in [1.165, 1.54) is 0 Å². The van der Waals surface area contributed by atoms with Crippen molar-refractivity contribution in [3.8, 4) is 0 Å². The first-order valence-electron chi connectivity index (χ1n) is 6.80. The fraction of sp³-hybridized carbons (Fsp3) is 0.750. The van der Waals surface area contributed by atoms with E-state index in [4.69, 9.17) is 14.9 Å². The molecule has 0 radical (unpaired) electrons. The summed E-state index contributed by atoms with van der Waals surface area (Å²) in [4.78, 5) is 13.3. The molecule has 3 N–H and O–H groups in total. The Morgan fingerprint density at radius 3 is 3.15 bits per heavy atom. The minimum atomic E-state index is -0.349. The molecule has 2 heterocycles. The van der Waals surface area contributed by atoms with Crippen LogP contribution in [0.15, 0.2) is 4.42 Å². The highest BCUT2D eigenvalue weighted by molar-refractivity contribution is 5.83. The smallest absolute Gasteiger partial charge is 0.318 e. The third-order valence-corrected chi connectivity index (χ3v) is 3.29. The number of amides is 1. The van der Waals surface area contributed by atoms with Crippen molar-refractivity contribution in [3.05, 3.63) is 5.89 Å². The zero-order valence-corrected chi connectivity index (χ0v) is 11.7. The second-order valence-corrected chi connectivity index (χ2v) is 4.76. The number of carbonyl (C=O) groups excluding carboxylic acids is 1. The predicted octanol–water partition coefficient (Wildman–Crippen LogP) is -0.350. The first-order chi connectivity index (χ1) is 9.72. The van der Waals surface area contributed by atoms with Gasteiger partial charge in [-0.05, 0) is 19.3 Å². The quantitative estimate of drug-likeness (QED) is 0.659. The molecular weight excluding hydrogens is 262 g/mol. The van der Waals surface area contributed by atoms with Crippen molar-refractivity contribution >= 4 is 11.9 Å². The van der Waals surface area contributed by atoms with Gasteiger partial charge in [-0.15, -0.1) is 5.10 Å². The highest BCUT2D eigenvalue weighted by atomic mass is 16.5. The van der Waals surface area contributed by atoms with E-state index in [-0.39, 0.29) is 11.9 Å². The first kappa shape index (κ1) is 14.7. The Balaban J connectivity index is 1.94. The highest BCUT2D eigenvalue weighted by Crippen LogP contribution is 2.23. The van der Waals surface area contributed by atoms with Gasteiger partial charge in [0.25, 0.3) is 0 Å². The topological polar surface area (TPSA) is 107 Å². The molecule has 1 aromatic rings. The molecule has 20 heavy (non-hydrogen) atoms. The maximum Gasteiger partial charge on any atom is 0.318 e. The van der Waals surface area contributed by atoms with Gasteiger partial charge < -0.3 is 25.1 Å². The molecule has 0 bridgehead atoms. The number of methoxy groups -OCH3 is 1. The normalized spacial score (nSPS) is 19.2. The van der Waals surface area contributed by atoms with Gasteiger partial charge in [0, 0.05) is 20.2 Å². The van der Waals surface area contributed by atoms with Crippen molar-refractivity contribution in [1.82, 2.24) is 15.5 Å². The molecule has 1 amide bonds. The Hall–Kier alpha value is -1.67. The van der Waals surface area contributed by atoms with Gasteiger partial charge in [-0.3, -0.25) is 4.79 Å². The summed E-state index contributed by atoms with van der Waals surface area (Å²) in [6.07, 6.45) is 2.72. The monoisotopic (exact) mass is 283 g/mol. The van der Waals surface area contributed by atoms with Gasteiger partial charge in [-0.2, -0.15) is 0 Å². The third-order valence-electron chi connectivity index (χ3n) is 3.29. The molecule has 1 aliphatic heterocycles. The summed E-state index contributed by atoms with van der Waals surface area (Å²) in [5.41, 5.74) is 5.42. The average molecular weight is 283 g/mol. The number of carbonyl (C=O) groups is 1. The van der Waals surface area contributed by atoms with Crippen LogP contribution in [0, 0.1) is 0 Å². The van der Waals surface area contributed by atoms with E-state index in [2.05, 4.69) is 15.5 Å². The average Bonchev–Trinajstić information content (AvgIpc) is 2.92. The van der Waals surface area contributed by atoms with Crippen molar-refractivity contribution in [2.45, 2.75) is 31.8 Å².